The molecule has 0 aromatic carbocycles. The third kappa shape index (κ3) is 2.02. The normalized spacial score (nSPS) is 28.1. The fourth-order valence-electron chi connectivity index (χ4n) is 2.91. The highest BCUT2D eigenvalue weighted by atomic mass is 16.5. The Balaban J connectivity index is 1.96. The molecule has 4 heteroatoms. The Bertz CT molecular complexity index is 481. The maximum absolute atomic E-state index is 11.9. The summed E-state index contributed by atoms with van der Waals surface area (Å²) in [6.45, 7) is 3.37. The molecular formula is C13H18N2O2. The van der Waals surface area contributed by atoms with Crippen LogP contribution < -0.4 is 5.56 Å². The fourth-order valence-corrected chi connectivity index (χ4v) is 2.91. The largest absolute Gasteiger partial charge is 0.376 e. The van der Waals surface area contributed by atoms with Gasteiger partial charge in [0, 0.05) is 12.3 Å². The third-order valence-corrected chi connectivity index (χ3v) is 3.93. The van der Waals surface area contributed by atoms with Crippen LogP contribution in [-0.2, 0) is 17.8 Å². The van der Waals surface area contributed by atoms with Gasteiger partial charge in [-0.2, -0.15) is 0 Å². The lowest BCUT2D eigenvalue weighted by molar-refractivity contribution is 0.107. The quantitative estimate of drug-likeness (QED) is 0.805. The molecule has 0 radical (unpaired) electrons. The van der Waals surface area contributed by atoms with Crippen LogP contribution in [0.2, 0.25) is 0 Å². The second-order valence-electron chi connectivity index (χ2n) is 5.29. The van der Waals surface area contributed by atoms with E-state index in [1.165, 1.54) is 6.42 Å². The highest BCUT2D eigenvalue weighted by Crippen LogP contribution is 2.36. The number of ether oxygens (including phenoxy) is 1. The first kappa shape index (κ1) is 11.0. The van der Waals surface area contributed by atoms with Gasteiger partial charge in [0.15, 0.2) is 0 Å². The molecule has 17 heavy (non-hydrogen) atoms. The van der Waals surface area contributed by atoms with Gasteiger partial charge in [0.1, 0.15) is 5.82 Å². The van der Waals surface area contributed by atoms with E-state index in [0.717, 1.165) is 42.3 Å². The lowest BCUT2D eigenvalue weighted by Crippen LogP contribution is -2.26. The maximum atomic E-state index is 11.9. The Kier molecular flexibility index (Phi) is 2.74. The first-order valence-electron chi connectivity index (χ1n) is 6.43. The van der Waals surface area contributed by atoms with Crippen molar-refractivity contribution in [3.63, 3.8) is 0 Å². The predicted octanol–water partition coefficient (Wildman–Crippen LogP) is 1.75. The average molecular weight is 234 g/mol. The summed E-state index contributed by atoms with van der Waals surface area (Å²) in [5.74, 6) is 2.11. The molecule has 0 bridgehead atoms. The van der Waals surface area contributed by atoms with Crippen molar-refractivity contribution in [1.29, 1.82) is 0 Å². The standard InChI is InChI=1S/C13H18N2O2/c1-8-2-3-9(6-8)12-14-11-4-5-17-7-10(11)13(16)15-12/h8-9H,2-7H2,1H3,(H,14,15,16). The predicted molar refractivity (Wildman–Crippen MR) is 64.0 cm³/mol. The molecule has 2 heterocycles. The Morgan fingerprint density at radius 3 is 3.06 bits per heavy atom. The molecule has 1 aliphatic carbocycles. The molecule has 2 atom stereocenters. The minimum Gasteiger partial charge on any atom is -0.376 e. The SMILES string of the molecule is CC1CCC(c2nc3c(c(=O)[nH]2)COCC3)C1. The van der Waals surface area contributed by atoms with Crippen LogP contribution in [0.4, 0.5) is 0 Å². The number of hydrogen-bond donors (Lipinski definition) is 1. The molecule has 92 valence electrons. The van der Waals surface area contributed by atoms with Crippen molar-refractivity contribution in [2.24, 2.45) is 5.92 Å². The summed E-state index contributed by atoms with van der Waals surface area (Å²) in [4.78, 5) is 19.6. The monoisotopic (exact) mass is 234 g/mol. The number of nitrogens with one attached hydrogen (secondary N) is 1. The van der Waals surface area contributed by atoms with Gasteiger partial charge in [-0.05, 0) is 25.2 Å². The van der Waals surface area contributed by atoms with Crippen molar-refractivity contribution in [2.75, 3.05) is 6.61 Å². The summed E-state index contributed by atoms with van der Waals surface area (Å²) in [5, 5.41) is 0. The van der Waals surface area contributed by atoms with E-state index in [-0.39, 0.29) is 5.56 Å². The number of aromatic amines is 1. The molecule has 2 unspecified atom stereocenters. The number of nitrogens with zero attached hydrogens (tertiary/aromatic N) is 1. The van der Waals surface area contributed by atoms with Gasteiger partial charge in [0.05, 0.1) is 24.5 Å². The Morgan fingerprint density at radius 1 is 1.41 bits per heavy atom. The maximum Gasteiger partial charge on any atom is 0.256 e. The average Bonchev–Trinajstić information content (AvgIpc) is 2.76. The zero-order chi connectivity index (χ0) is 11.8. The summed E-state index contributed by atoms with van der Waals surface area (Å²) >= 11 is 0. The van der Waals surface area contributed by atoms with Crippen molar-refractivity contribution in [3.8, 4) is 0 Å². The molecule has 1 aromatic rings. The van der Waals surface area contributed by atoms with Gasteiger partial charge in [0.2, 0.25) is 0 Å². The minimum absolute atomic E-state index is 0.00394. The summed E-state index contributed by atoms with van der Waals surface area (Å²) in [5.41, 5.74) is 1.69. The zero-order valence-electron chi connectivity index (χ0n) is 10.2. The topological polar surface area (TPSA) is 55.0 Å². The van der Waals surface area contributed by atoms with E-state index in [2.05, 4.69) is 16.9 Å². The highest BCUT2D eigenvalue weighted by molar-refractivity contribution is 5.20. The zero-order valence-corrected chi connectivity index (χ0v) is 10.2. The van der Waals surface area contributed by atoms with Crippen LogP contribution in [-0.4, -0.2) is 16.6 Å². The van der Waals surface area contributed by atoms with Crippen LogP contribution in [0.15, 0.2) is 4.79 Å². The van der Waals surface area contributed by atoms with Crippen LogP contribution in [0.3, 0.4) is 0 Å². The van der Waals surface area contributed by atoms with E-state index in [9.17, 15) is 4.79 Å². The van der Waals surface area contributed by atoms with Gasteiger partial charge in [-0.3, -0.25) is 4.79 Å². The first-order valence-corrected chi connectivity index (χ1v) is 6.43. The highest BCUT2D eigenvalue weighted by Gasteiger charge is 2.26. The molecule has 1 N–H and O–H groups in total. The molecule has 2 aliphatic rings. The van der Waals surface area contributed by atoms with Gasteiger partial charge >= 0.3 is 0 Å². The minimum atomic E-state index is 0.00394. The molecule has 3 rings (SSSR count). The van der Waals surface area contributed by atoms with Crippen LogP contribution in [0.1, 0.15) is 49.2 Å². The number of hydrogen-bond acceptors (Lipinski definition) is 3. The van der Waals surface area contributed by atoms with E-state index >= 15 is 0 Å². The number of H-pyrrole nitrogens is 1. The molecule has 1 saturated carbocycles. The number of rotatable bonds is 1. The van der Waals surface area contributed by atoms with E-state index in [1.807, 2.05) is 0 Å². The molecule has 4 nitrogen and oxygen atoms in total. The molecule has 1 aromatic heterocycles. The molecule has 1 fully saturated rings. The Labute approximate surface area is 100 Å². The molecular weight excluding hydrogens is 216 g/mol. The summed E-state index contributed by atoms with van der Waals surface area (Å²) in [6.07, 6.45) is 4.32. The van der Waals surface area contributed by atoms with Crippen molar-refractivity contribution in [1.82, 2.24) is 9.97 Å². The van der Waals surface area contributed by atoms with Gasteiger partial charge in [-0.1, -0.05) is 6.92 Å². The molecule has 1 aliphatic heterocycles. The smallest absolute Gasteiger partial charge is 0.256 e. The van der Waals surface area contributed by atoms with Crippen molar-refractivity contribution in [2.45, 2.75) is 45.1 Å². The number of aromatic nitrogens is 2. The lowest BCUT2D eigenvalue weighted by Gasteiger charge is -2.17. The van der Waals surface area contributed by atoms with Crippen LogP contribution in [0, 0.1) is 5.92 Å². The summed E-state index contributed by atoms with van der Waals surface area (Å²) in [6, 6.07) is 0. The van der Waals surface area contributed by atoms with Gasteiger partial charge in [-0.25, -0.2) is 4.98 Å². The third-order valence-electron chi connectivity index (χ3n) is 3.93. The van der Waals surface area contributed by atoms with Crippen molar-refractivity contribution >= 4 is 0 Å². The van der Waals surface area contributed by atoms with Crippen molar-refractivity contribution in [3.05, 3.63) is 27.4 Å². The molecule has 0 amide bonds. The van der Waals surface area contributed by atoms with Gasteiger partial charge in [-0.15, -0.1) is 0 Å². The van der Waals surface area contributed by atoms with Crippen LogP contribution in [0.25, 0.3) is 0 Å². The van der Waals surface area contributed by atoms with Crippen molar-refractivity contribution < 1.29 is 4.74 Å². The van der Waals surface area contributed by atoms with Crippen LogP contribution in [0.5, 0.6) is 0 Å². The van der Waals surface area contributed by atoms with E-state index in [0.29, 0.717) is 19.1 Å². The fraction of sp³-hybridized carbons (Fsp3) is 0.692. The van der Waals surface area contributed by atoms with Crippen LogP contribution >= 0.6 is 0 Å². The Morgan fingerprint density at radius 2 is 2.29 bits per heavy atom. The summed E-state index contributed by atoms with van der Waals surface area (Å²) < 4.78 is 5.30. The number of fused-ring (bicyclic) bond motifs is 1. The summed E-state index contributed by atoms with van der Waals surface area (Å²) in [7, 11) is 0. The second-order valence-corrected chi connectivity index (χ2v) is 5.29. The van der Waals surface area contributed by atoms with Gasteiger partial charge in [0.25, 0.3) is 5.56 Å². The second kappa shape index (κ2) is 4.26. The molecule has 0 spiro atoms. The lowest BCUT2D eigenvalue weighted by atomic mass is 10.0. The molecule has 0 saturated heterocycles. The van der Waals surface area contributed by atoms with E-state index in [1.54, 1.807) is 0 Å². The van der Waals surface area contributed by atoms with E-state index in [4.69, 9.17) is 4.74 Å². The first-order chi connectivity index (χ1) is 8.24. The van der Waals surface area contributed by atoms with Gasteiger partial charge < -0.3 is 9.72 Å². The van der Waals surface area contributed by atoms with E-state index < -0.39 is 0 Å². The Hall–Kier alpha value is -1.16.